The lowest BCUT2D eigenvalue weighted by Crippen LogP contribution is -2.32. The topological polar surface area (TPSA) is 29.9 Å². The predicted molar refractivity (Wildman–Crippen MR) is 72.2 cm³/mol. The summed E-state index contributed by atoms with van der Waals surface area (Å²) in [5, 5.41) is 3.32. The molecule has 17 heavy (non-hydrogen) atoms. The van der Waals surface area contributed by atoms with Gasteiger partial charge in [-0.15, -0.1) is 0 Å². The van der Waals surface area contributed by atoms with E-state index in [0.29, 0.717) is 0 Å². The molecular formula is C14H21N3. The highest BCUT2D eigenvalue weighted by atomic mass is 15.1. The third kappa shape index (κ3) is 1.95. The molecule has 2 rings (SSSR count). The molecule has 3 heteroatoms. The van der Waals surface area contributed by atoms with Crippen LogP contribution in [0.3, 0.4) is 0 Å². The molecule has 0 fully saturated rings. The Bertz CT molecular complexity index is 538. The van der Waals surface area contributed by atoms with Gasteiger partial charge in [0.15, 0.2) is 0 Å². The normalized spacial score (nSPS) is 12.3. The van der Waals surface area contributed by atoms with Gasteiger partial charge in [0.25, 0.3) is 0 Å². The van der Waals surface area contributed by atoms with Crippen molar-refractivity contribution < 1.29 is 0 Å². The molecule has 0 bridgehead atoms. The van der Waals surface area contributed by atoms with Gasteiger partial charge < -0.3 is 9.88 Å². The van der Waals surface area contributed by atoms with E-state index in [1.807, 2.05) is 7.05 Å². The molecule has 1 heterocycles. The first-order chi connectivity index (χ1) is 7.99. The second-order valence-electron chi connectivity index (χ2n) is 4.98. The smallest absolute Gasteiger partial charge is 0.106 e. The Labute approximate surface area is 103 Å². The number of nitrogens with one attached hydrogen (secondary N) is 1. The van der Waals surface area contributed by atoms with Crippen LogP contribution in [-0.2, 0) is 12.1 Å². The average molecular weight is 231 g/mol. The van der Waals surface area contributed by atoms with Gasteiger partial charge in [-0.25, -0.2) is 4.98 Å². The maximum atomic E-state index is 4.63. The highest BCUT2D eigenvalue weighted by molar-refractivity contribution is 5.77. The highest BCUT2D eigenvalue weighted by Crippen LogP contribution is 2.24. The zero-order valence-electron chi connectivity index (χ0n) is 11.3. The van der Waals surface area contributed by atoms with Crippen LogP contribution >= 0.6 is 0 Å². The van der Waals surface area contributed by atoms with Gasteiger partial charge in [-0.05, 0) is 52.4 Å². The van der Waals surface area contributed by atoms with E-state index in [0.717, 1.165) is 17.9 Å². The standard InChI is InChI=1S/C14H21N3/c1-6-17-10(2)16-12-9-11(7-8-13(12)17)14(3,4)15-5/h7-9,15H,6H2,1-5H3. The van der Waals surface area contributed by atoms with E-state index in [4.69, 9.17) is 0 Å². The van der Waals surface area contributed by atoms with Crippen molar-refractivity contribution in [1.82, 2.24) is 14.9 Å². The van der Waals surface area contributed by atoms with Gasteiger partial charge >= 0.3 is 0 Å². The fourth-order valence-electron chi connectivity index (χ4n) is 2.18. The number of benzene rings is 1. The molecule has 0 spiro atoms. The van der Waals surface area contributed by atoms with Crippen LogP contribution in [0.5, 0.6) is 0 Å². The number of rotatable bonds is 3. The van der Waals surface area contributed by atoms with E-state index in [-0.39, 0.29) is 5.54 Å². The van der Waals surface area contributed by atoms with Crippen molar-refractivity contribution in [3.8, 4) is 0 Å². The fourth-order valence-corrected chi connectivity index (χ4v) is 2.18. The summed E-state index contributed by atoms with van der Waals surface area (Å²) < 4.78 is 2.24. The van der Waals surface area contributed by atoms with Gasteiger partial charge in [-0.1, -0.05) is 6.07 Å². The van der Waals surface area contributed by atoms with Gasteiger partial charge in [0, 0.05) is 12.1 Å². The molecule has 2 aromatic rings. The van der Waals surface area contributed by atoms with Crippen LogP contribution in [0.4, 0.5) is 0 Å². The van der Waals surface area contributed by atoms with Crippen molar-refractivity contribution in [3.63, 3.8) is 0 Å². The number of hydrogen-bond donors (Lipinski definition) is 1. The van der Waals surface area contributed by atoms with E-state index >= 15 is 0 Å². The molecule has 1 N–H and O–H groups in total. The third-order valence-corrected chi connectivity index (χ3v) is 3.60. The minimum Gasteiger partial charge on any atom is -0.329 e. The minimum atomic E-state index is -0.0158. The Balaban J connectivity index is 2.60. The first-order valence-corrected chi connectivity index (χ1v) is 6.16. The molecule has 3 nitrogen and oxygen atoms in total. The van der Waals surface area contributed by atoms with Gasteiger partial charge in [0.05, 0.1) is 11.0 Å². The van der Waals surface area contributed by atoms with E-state index < -0.39 is 0 Å². The van der Waals surface area contributed by atoms with Crippen molar-refractivity contribution in [1.29, 1.82) is 0 Å². The number of aryl methyl sites for hydroxylation is 2. The Morgan fingerprint density at radius 2 is 2.06 bits per heavy atom. The summed E-state index contributed by atoms with van der Waals surface area (Å²) in [5.74, 6) is 1.09. The molecule has 1 aromatic heterocycles. The summed E-state index contributed by atoms with van der Waals surface area (Å²) in [6, 6.07) is 6.55. The molecule has 0 saturated heterocycles. The lowest BCUT2D eigenvalue weighted by atomic mass is 9.94. The minimum absolute atomic E-state index is 0.0158. The zero-order chi connectivity index (χ0) is 12.6. The zero-order valence-corrected chi connectivity index (χ0v) is 11.3. The molecule has 92 valence electrons. The predicted octanol–water partition coefficient (Wildman–Crippen LogP) is 2.82. The number of nitrogens with zero attached hydrogens (tertiary/aromatic N) is 2. The first-order valence-electron chi connectivity index (χ1n) is 6.16. The monoisotopic (exact) mass is 231 g/mol. The summed E-state index contributed by atoms with van der Waals surface area (Å²) in [6.07, 6.45) is 0. The molecule has 0 atom stereocenters. The van der Waals surface area contributed by atoms with E-state index in [1.165, 1.54) is 11.1 Å². The first kappa shape index (κ1) is 12.1. The van der Waals surface area contributed by atoms with Crippen LogP contribution in [-0.4, -0.2) is 16.6 Å². The van der Waals surface area contributed by atoms with Crippen molar-refractivity contribution in [2.45, 2.75) is 39.8 Å². The summed E-state index contributed by atoms with van der Waals surface area (Å²) in [5.41, 5.74) is 3.57. The van der Waals surface area contributed by atoms with Crippen molar-refractivity contribution in [2.24, 2.45) is 0 Å². The molecule has 0 unspecified atom stereocenters. The van der Waals surface area contributed by atoms with Crippen LogP contribution in [0.1, 0.15) is 32.2 Å². The highest BCUT2D eigenvalue weighted by Gasteiger charge is 2.18. The number of imidazole rings is 1. The fraction of sp³-hybridized carbons (Fsp3) is 0.500. The average Bonchev–Trinajstić information content (AvgIpc) is 2.63. The summed E-state index contributed by atoms with van der Waals surface area (Å²) in [6.45, 7) is 9.54. The van der Waals surface area contributed by atoms with Gasteiger partial charge in [0.2, 0.25) is 0 Å². The van der Waals surface area contributed by atoms with Crippen LogP contribution < -0.4 is 5.32 Å². The van der Waals surface area contributed by atoms with Crippen molar-refractivity contribution in [2.75, 3.05) is 7.05 Å². The Morgan fingerprint density at radius 1 is 1.35 bits per heavy atom. The number of hydrogen-bond acceptors (Lipinski definition) is 2. The van der Waals surface area contributed by atoms with Crippen molar-refractivity contribution in [3.05, 3.63) is 29.6 Å². The van der Waals surface area contributed by atoms with Gasteiger partial charge in [-0.2, -0.15) is 0 Å². The quantitative estimate of drug-likeness (QED) is 0.880. The second-order valence-corrected chi connectivity index (χ2v) is 4.98. The van der Waals surface area contributed by atoms with Crippen molar-refractivity contribution >= 4 is 11.0 Å². The molecule has 0 saturated carbocycles. The summed E-state index contributed by atoms with van der Waals surface area (Å²) in [7, 11) is 1.99. The SMILES string of the molecule is CCn1c(C)nc2cc(C(C)(C)NC)ccc21. The third-order valence-electron chi connectivity index (χ3n) is 3.60. The van der Waals surface area contributed by atoms with Crippen LogP contribution in [0, 0.1) is 6.92 Å². The van der Waals surface area contributed by atoms with Crippen LogP contribution in [0.25, 0.3) is 11.0 Å². The molecule has 0 radical (unpaired) electrons. The molecule has 0 aliphatic rings. The number of fused-ring (bicyclic) bond motifs is 1. The maximum absolute atomic E-state index is 4.63. The Morgan fingerprint density at radius 3 is 2.65 bits per heavy atom. The lowest BCUT2D eigenvalue weighted by molar-refractivity contribution is 0.445. The summed E-state index contributed by atoms with van der Waals surface area (Å²) in [4.78, 5) is 4.63. The molecule has 1 aromatic carbocycles. The summed E-state index contributed by atoms with van der Waals surface area (Å²) >= 11 is 0. The van der Waals surface area contributed by atoms with Gasteiger partial charge in [0.1, 0.15) is 5.82 Å². The largest absolute Gasteiger partial charge is 0.329 e. The van der Waals surface area contributed by atoms with E-state index in [2.05, 4.69) is 60.8 Å². The van der Waals surface area contributed by atoms with E-state index in [9.17, 15) is 0 Å². The van der Waals surface area contributed by atoms with Crippen LogP contribution in [0.2, 0.25) is 0 Å². The van der Waals surface area contributed by atoms with Gasteiger partial charge in [-0.3, -0.25) is 0 Å². The maximum Gasteiger partial charge on any atom is 0.106 e. The molecular weight excluding hydrogens is 210 g/mol. The Hall–Kier alpha value is -1.35. The Kier molecular flexibility index (Phi) is 2.96. The molecule has 0 aliphatic carbocycles. The molecule has 0 amide bonds. The lowest BCUT2D eigenvalue weighted by Gasteiger charge is -2.24. The van der Waals surface area contributed by atoms with Crippen LogP contribution in [0.15, 0.2) is 18.2 Å². The second kappa shape index (κ2) is 4.15. The number of aromatic nitrogens is 2. The molecule has 0 aliphatic heterocycles. The van der Waals surface area contributed by atoms with E-state index in [1.54, 1.807) is 0 Å².